The van der Waals surface area contributed by atoms with E-state index in [1.165, 1.54) is 0 Å². The molecule has 0 heterocycles. The van der Waals surface area contributed by atoms with E-state index >= 15 is 0 Å². The lowest BCUT2D eigenvalue weighted by molar-refractivity contribution is -0.170. The van der Waals surface area contributed by atoms with Crippen LogP contribution >= 0.6 is 0 Å². The van der Waals surface area contributed by atoms with E-state index < -0.39 is 59.0 Å². The van der Waals surface area contributed by atoms with E-state index in [0.29, 0.717) is 0 Å². The summed E-state index contributed by atoms with van der Waals surface area (Å²) in [6.07, 6.45) is -5.96. The monoisotopic (exact) mass is 413 g/mol. The minimum absolute atomic E-state index is 1.14. The zero-order valence-electron chi connectivity index (χ0n) is 12.3. The number of hydrogen-bond donors (Lipinski definition) is 10. The summed E-state index contributed by atoms with van der Waals surface area (Å²) in [4.78, 5) is 47.6. The van der Waals surface area contributed by atoms with Crippen LogP contribution < -0.4 is 5.14 Å². The normalized spacial score (nSPS) is 9.50. The highest BCUT2D eigenvalue weighted by Gasteiger charge is 2.40. The van der Waals surface area contributed by atoms with E-state index in [2.05, 4.69) is 5.14 Å². The molecular weight excluding hydrogens is 398 g/mol. The fraction of sp³-hybridized carbons (Fsp3) is 0.375. The van der Waals surface area contributed by atoms with Gasteiger partial charge in [0.2, 0.25) is 0 Å². The van der Waals surface area contributed by atoms with Crippen molar-refractivity contribution in [1.29, 1.82) is 0 Å². The average Bonchev–Trinajstić information content (AvgIpc) is 2.21. The summed E-state index contributed by atoms with van der Waals surface area (Å²) in [5.74, 6) is -5.02. The molecule has 0 saturated heterocycles. The molecular formula is C8H15NO16S. The predicted octanol–water partition coefficient (Wildman–Crippen LogP) is -2.06. The molecule has 0 saturated carbocycles. The van der Waals surface area contributed by atoms with E-state index in [0.717, 1.165) is 0 Å². The summed E-state index contributed by atoms with van der Waals surface area (Å²) in [6.45, 7) is 0. The Balaban J connectivity index is -0.000000152. The van der Waals surface area contributed by atoms with E-state index in [4.69, 9.17) is 63.4 Å². The first kappa shape index (κ1) is 30.6. The van der Waals surface area contributed by atoms with Gasteiger partial charge in [0, 0.05) is 0 Å². The number of carboxylic acids is 3. The van der Waals surface area contributed by atoms with Crippen molar-refractivity contribution in [3.63, 3.8) is 0 Å². The number of aliphatic carboxylic acids is 3. The smallest absolute Gasteiger partial charge is 0.481 e. The Morgan fingerprint density at radius 3 is 0.962 bits per heavy atom. The van der Waals surface area contributed by atoms with Crippen LogP contribution in [0.2, 0.25) is 0 Å². The molecule has 17 nitrogen and oxygen atoms in total. The van der Waals surface area contributed by atoms with Crippen LogP contribution in [0.1, 0.15) is 12.8 Å². The second-order valence-electron chi connectivity index (χ2n) is 3.56. The molecule has 0 aromatic rings. The number of carboxylic acid groups (broad SMARTS) is 7. The number of hydrogen-bond acceptors (Lipinski definition) is 8. The Bertz CT molecular complexity index is 549. The molecule has 0 fully saturated rings. The SMILES string of the molecule is NS(=O)(=O)O.O=C(O)CC(O)(CC(=O)O)C(=O)O.O=C(O)O.O=C(O)O. The molecule has 0 unspecified atom stereocenters. The van der Waals surface area contributed by atoms with Gasteiger partial charge in [0.25, 0.3) is 0 Å². The first-order chi connectivity index (χ1) is 11.2. The van der Waals surface area contributed by atoms with Crippen LogP contribution in [0.4, 0.5) is 9.59 Å². The number of rotatable bonds is 5. The topological polar surface area (TPSA) is 328 Å². The molecule has 0 aliphatic carbocycles. The highest BCUT2D eigenvalue weighted by atomic mass is 32.2. The third kappa shape index (κ3) is 49.8. The van der Waals surface area contributed by atoms with Crippen LogP contribution in [-0.4, -0.2) is 89.6 Å². The van der Waals surface area contributed by atoms with Gasteiger partial charge < -0.3 is 40.9 Å². The average molecular weight is 413 g/mol. The summed E-state index contributed by atoms with van der Waals surface area (Å²) in [6, 6.07) is 0. The minimum Gasteiger partial charge on any atom is -0.481 e. The Morgan fingerprint density at radius 2 is 0.885 bits per heavy atom. The first-order valence-electron chi connectivity index (χ1n) is 5.23. The minimum atomic E-state index is -4.17. The van der Waals surface area contributed by atoms with Crippen LogP contribution in [0.25, 0.3) is 0 Å². The zero-order valence-corrected chi connectivity index (χ0v) is 13.1. The predicted molar refractivity (Wildman–Crippen MR) is 74.1 cm³/mol. The molecule has 18 heteroatoms. The molecule has 0 aliphatic rings. The lowest BCUT2D eigenvalue weighted by Crippen LogP contribution is -2.42. The van der Waals surface area contributed by atoms with E-state index in [1.54, 1.807) is 0 Å². The summed E-state index contributed by atoms with van der Waals surface area (Å²) >= 11 is 0. The Labute approximate surface area is 143 Å². The molecule has 0 amide bonds. The molecule has 0 rings (SSSR count). The molecule has 154 valence electrons. The summed E-state index contributed by atoms with van der Waals surface area (Å²) < 4.78 is 25.2. The lowest BCUT2D eigenvalue weighted by Gasteiger charge is -2.18. The molecule has 0 aromatic heterocycles. The third-order valence-electron chi connectivity index (χ3n) is 1.29. The van der Waals surface area contributed by atoms with Crippen molar-refractivity contribution in [2.45, 2.75) is 18.4 Å². The second-order valence-corrected chi connectivity index (χ2v) is 4.59. The van der Waals surface area contributed by atoms with Crippen LogP contribution in [0.3, 0.4) is 0 Å². The number of nitrogens with two attached hydrogens (primary N) is 1. The maximum absolute atomic E-state index is 10.3. The van der Waals surface area contributed by atoms with E-state index in [-0.39, 0.29) is 0 Å². The maximum atomic E-state index is 10.3. The molecule has 0 atom stereocenters. The fourth-order valence-electron chi connectivity index (χ4n) is 0.714. The van der Waals surface area contributed by atoms with Gasteiger partial charge in [-0.3, -0.25) is 14.1 Å². The molecule has 0 aromatic carbocycles. The number of aliphatic hydroxyl groups is 1. The van der Waals surface area contributed by atoms with Crippen molar-refractivity contribution < 1.29 is 77.8 Å². The van der Waals surface area contributed by atoms with Gasteiger partial charge in [-0.05, 0) is 0 Å². The van der Waals surface area contributed by atoms with Gasteiger partial charge in [0.1, 0.15) is 0 Å². The summed E-state index contributed by atoms with van der Waals surface area (Å²) in [7, 11) is -4.17. The Morgan fingerprint density at radius 1 is 0.731 bits per heavy atom. The largest absolute Gasteiger partial charge is 0.503 e. The van der Waals surface area contributed by atoms with Crippen LogP contribution in [0.5, 0.6) is 0 Å². The van der Waals surface area contributed by atoms with Gasteiger partial charge in [-0.25, -0.2) is 19.5 Å². The lowest BCUT2D eigenvalue weighted by atomic mass is 9.96. The highest BCUT2D eigenvalue weighted by molar-refractivity contribution is 7.83. The van der Waals surface area contributed by atoms with Gasteiger partial charge in [-0.2, -0.15) is 8.42 Å². The first-order valence-corrected chi connectivity index (χ1v) is 6.73. The van der Waals surface area contributed by atoms with Crippen molar-refractivity contribution in [2.24, 2.45) is 5.14 Å². The molecule has 11 N–H and O–H groups in total. The quantitative estimate of drug-likeness (QED) is 0.216. The molecule has 0 aliphatic heterocycles. The van der Waals surface area contributed by atoms with Crippen molar-refractivity contribution >= 4 is 40.5 Å². The van der Waals surface area contributed by atoms with Gasteiger partial charge >= 0.3 is 40.5 Å². The van der Waals surface area contributed by atoms with Crippen LogP contribution in [-0.2, 0) is 24.7 Å². The van der Waals surface area contributed by atoms with Gasteiger partial charge in [-0.1, -0.05) is 0 Å². The maximum Gasteiger partial charge on any atom is 0.503 e. The summed E-state index contributed by atoms with van der Waals surface area (Å²) in [5, 5.41) is 65.6. The van der Waals surface area contributed by atoms with Gasteiger partial charge in [0.05, 0.1) is 12.8 Å². The zero-order chi connectivity index (χ0) is 22.3. The summed E-state index contributed by atoms with van der Waals surface area (Å²) in [5.41, 5.74) is -2.74. The van der Waals surface area contributed by atoms with Crippen molar-refractivity contribution in [1.82, 2.24) is 0 Å². The van der Waals surface area contributed by atoms with Crippen LogP contribution in [0, 0.1) is 0 Å². The van der Waals surface area contributed by atoms with Gasteiger partial charge in [-0.15, -0.1) is 0 Å². The van der Waals surface area contributed by atoms with E-state index in [1.807, 2.05) is 0 Å². The highest BCUT2D eigenvalue weighted by Crippen LogP contribution is 2.15. The molecule has 0 radical (unpaired) electrons. The Kier molecular flexibility index (Phi) is 16.7. The van der Waals surface area contributed by atoms with E-state index in [9.17, 15) is 14.4 Å². The molecule has 26 heavy (non-hydrogen) atoms. The fourth-order valence-corrected chi connectivity index (χ4v) is 0.714. The van der Waals surface area contributed by atoms with Crippen molar-refractivity contribution in [2.75, 3.05) is 0 Å². The Hall–Kier alpha value is -3.22. The standard InChI is InChI=1S/C6H8O7.2CH2O3.H3NO3S/c7-3(8)1-6(13,5(11)12)2-4(9)10;2*2-1(3)4;1-5(2,3)4/h13H,1-2H2,(H,7,8)(H,9,10)(H,11,12);2*(H2,2,3,4);(H3,1,2,3,4). The van der Waals surface area contributed by atoms with Crippen LogP contribution in [0.15, 0.2) is 0 Å². The molecule has 0 bridgehead atoms. The van der Waals surface area contributed by atoms with Crippen molar-refractivity contribution in [3.8, 4) is 0 Å². The second kappa shape index (κ2) is 14.2. The number of carbonyl (C=O) groups is 5. The van der Waals surface area contributed by atoms with Gasteiger partial charge in [0.15, 0.2) is 5.60 Å². The van der Waals surface area contributed by atoms with Crippen molar-refractivity contribution in [3.05, 3.63) is 0 Å². The molecule has 0 spiro atoms. The third-order valence-corrected chi connectivity index (χ3v) is 1.29.